The van der Waals surface area contributed by atoms with Crippen LogP contribution in [0.1, 0.15) is 18.4 Å². The molecule has 4 nitrogen and oxygen atoms in total. The second kappa shape index (κ2) is 6.40. The smallest absolute Gasteiger partial charge is 0.410 e. The molecule has 98 valence electrons. The maximum Gasteiger partial charge on any atom is 0.410 e. The number of hydrogen-bond donors (Lipinski definition) is 0. The summed E-state index contributed by atoms with van der Waals surface area (Å²) in [5.74, 6) is 0. The molecule has 1 fully saturated rings. The van der Waals surface area contributed by atoms with Crippen molar-refractivity contribution in [2.45, 2.75) is 25.5 Å². The Morgan fingerprint density at radius 2 is 2.00 bits per heavy atom. The van der Waals surface area contributed by atoms with Crippen molar-refractivity contribution < 1.29 is 14.3 Å². The number of rotatable bonds is 3. The van der Waals surface area contributed by atoms with Gasteiger partial charge in [-0.1, -0.05) is 30.3 Å². The standard InChI is InChI=1S/C14H19NO3/c1-15(11-12-5-3-2-4-6-12)14(16)18-13-7-9-17-10-8-13/h2-6,13H,7-11H2,1H3. The summed E-state index contributed by atoms with van der Waals surface area (Å²) in [4.78, 5) is 13.5. The lowest BCUT2D eigenvalue weighted by atomic mass is 10.2. The van der Waals surface area contributed by atoms with E-state index >= 15 is 0 Å². The minimum Gasteiger partial charge on any atom is -0.446 e. The van der Waals surface area contributed by atoms with Gasteiger partial charge < -0.3 is 14.4 Å². The van der Waals surface area contributed by atoms with Crippen molar-refractivity contribution in [1.29, 1.82) is 0 Å². The second-order valence-electron chi connectivity index (χ2n) is 4.54. The molecular weight excluding hydrogens is 230 g/mol. The highest BCUT2D eigenvalue weighted by Crippen LogP contribution is 2.13. The Kier molecular flexibility index (Phi) is 4.59. The molecule has 1 heterocycles. The third kappa shape index (κ3) is 3.74. The normalized spacial score (nSPS) is 16.3. The Morgan fingerprint density at radius 1 is 1.33 bits per heavy atom. The van der Waals surface area contributed by atoms with E-state index in [1.54, 1.807) is 11.9 Å². The van der Waals surface area contributed by atoms with E-state index in [1.807, 2.05) is 30.3 Å². The van der Waals surface area contributed by atoms with Gasteiger partial charge in [0.05, 0.1) is 13.2 Å². The van der Waals surface area contributed by atoms with Gasteiger partial charge in [-0.25, -0.2) is 4.79 Å². The van der Waals surface area contributed by atoms with Crippen LogP contribution in [-0.2, 0) is 16.0 Å². The van der Waals surface area contributed by atoms with Crippen LogP contribution in [0, 0.1) is 0 Å². The fourth-order valence-electron chi connectivity index (χ4n) is 1.95. The van der Waals surface area contributed by atoms with Gasteiger partial charge in [-0.05, 0) is 5.56 Å². The Balaban J connectivity index is 1.81. The summed E-state index contributed by atoms with van der Waals surface area (Å²) in [5.41, 5.74) is 1.10. The van der Waals surface area contributed by atoms with Gasteiger partial charge in [-0.15, -0.1) is 0 Å². The molecule has 0 N–H and O–H groups in total. The van der Waals surface area contributed by atoms with Crippen molar-refractivity contribution in [3.05, 3.63) is 35.9 Å². The molecule has 0 spiro atoms. The maximum absolute atomic E-state index is 11.9. The summed E-state index contributed by atoms with van der Waals surface area (Å²) in [6, 6.07) is 9.89. The summed E-state index contributed by atoms with van der Waals surface area (Å²) in [6.45, 7) is 1.93. The molecule has 1 aliphatic rings. The monoisotopic (exact) mass is 249 g/mol. The molecule has 0 saturated carbocycles. The average Bonchev–Trinajstić information content (AvgIpc) is 2.41. The van der Waals surface area contributed by atoms with Gasteiger partial charge in [0.25, 0.3) is 0 Å². The maximum atomic E-state index is 11.9. The fraction of sp³-hybridized carbons (Fsp3) is 0.500. The third-order valence-electron chi connectivity index (χ3n) is 3.01. The minimum atomic E-state index is -0.259. The van der Waals surface area contributed by atoms with Crippen molar-refractivity contribution in [3.63, 3.8) is 0 Å². The number of carbonyl (C=O) groups is 1. The van der Waals surface area contributed by atoms with Gasteiger partial charge >= 0.3 is 6.09 Å². The van der Waals surface area contributed by atoms with Crippen molar-refractivity contribution >= 4 is 6.09 Å². The molecule has 1 saturated heterocycles. The van der Waals surface area contributed by atoms with Crippen LogP contribution in [-0.4, -0.2) is 37.4 Å². The van der Waals surface area contributed by atoms with Gasteiger partial charge in [-0.2, -0.15) is 0 Å². The summed E-state index contributed by atoms with van der Waals surface area (Å²) < 4.78 is 10.7. The molecule has 0 aliphatic carbocycles. The second-order valence-corrected chi connectivity index (χ2v) is 4.54. The van der Waals surface area contributed by atoms with Crippen LogP contribution in [0.4, 0.5) is 4.79 Å². The van der Waals surface area contributed by atoms with E-state index in [0.29, 0.717) is 19.8 Å². The summed E-state index contributed by atoms with van der Waals surface area (Å²) in [7, 11) is 1.76. The highest BCUT2D eigenvalue weighted by Gasteiger charge is 2.20. The lowest BCUT2D eigenvalue weighted by molar-refractivity contribution is -0.00868. The van der Waals surface area contributed by atoms with E-state index in [4.69, 9.17) is 9.47 Å². The number of amides is 1. The molecule has 4 heteroatoms. The van der Waals surface area contributed by atoms with E-state index in [9.17, 15) is 4.79 Å². The van der Waals surface area contributed by atoms with Gasteiger partial charge in [0.1, 0.15) is 6.10 Å². The van der Waals surface area contributed by atoms with Crippen LogP contribution < -0.4 is 0 Å². The SMILES string of the molecule is CN(Cc1ccccc1)C(=O)OC1CCOCC1. The number of hydrogen-bond acceptors (Lipinski definition) is 3. The summed E-state index contributed by atoms with van der Waals surface area (Å²) in [5, 5.41) is 0. The molecule has 2 rings (SSSR count). The van der Waals surface area contributed by atoms with Gasteiger partial charge in [-0.3, -0.25) is 0 Å². The molecule has 0 aromatic heterocycles. The Bertz CT molecular complexity index is 374. The van der Waals surface area contributed by atoms with Gasteiger partial charge in [0.2, 0.25) is 0 Å². The molecule has 1 aliphatic heterocycles. The van der Waals surface area contributed by atoms with Crippen LogP contribution >= 0.6 is 0 Å². The Morgan fingerprint density at radius 3 is 2.67 bits per heavy atom. The summed E-state index contributed by atoms with van der Waals surface area (Å²) >= 11 is 0. The predicted octanol–water partition coefficient (Wildman–Crippen LogP) is 2.43. The van der Waals surface area contributed by atoms with Crippen LogP contribution in [0.3, 0.4) is 0 Å². The van der Waals surface area contributed by atoms with E-state index in [-0.39, 0.29) is 12.2 Å². The molecule has 0 atom stereocenters. The van der Waals surface area contributed by atoms with Crippen LogP contribution in [0.2, 0.25) is 0 Å². The average molecular weight is 249 g/mol. The van der Waals surface area contributed by atoms with Crippen molar-refractivity contribution in [2.24, 2.45) is 0 Å². The number of nitrogens with zero attached hydrogens (tertiary/aromatic N) is 1. The van der Waals surface area contributed by atoms with E-state index in [0.717, 1.165) is 18.4 Å². The molecule has 1 aromatic carbocycles. The Hall–Kier alpha value is -1.55. The molecular formula is C14H19NO3. The molecule has 18 heavy (non-hydrogen) atoms. The molecule has 0 radical (unpaired) electrons. The van der Waals surface area contributed by atoms with E-state index in [2.05, 4.69) is 0 Å². The third-order valence-corrected chi connectivity index (χ3v) is 3.01. The first-order valence-corrected chi connectivity index (χ1v) is 6.29. The number of benzene rings is 1. The highest BCUT2D eigenvalue weighted by molar-refractivity contribution is 5.67. The topological polar surface area (TPSA) is 38.8 Å². The molecule has 0 bridgehead atoms. The van der Waals surface area contributed by atoms with Crippen molar-refractivity contribution in [3.8, 4) is 0 Å². The van der Waals surface area contributed by atoms with Crippen LogP contribution in [0.25, 0.3) is 0 Å². The molecule has 0 unspecified atom stereocenters. The first kappa shape index (κ1) is 12.9. The zero-order valence-electron chi connectivity index (χ0n) is 10.7. The van der Waals surface area contributed by atoms with Crippen LogP contribution in [0.5, 0.6) is 0 Å². The quantitative estimate of drug-likeness (QED) is 0.826. The zero-order valence-corrected chi connectivity index (χ0v) is 10.7. The zero-order chi connectivity index (χ0) is 12.8. The first-order chi connectivity index (χ1) is 8.75. The molecule has 1 amide bonds. The van der Waals surface area contributed by atoms with E-state index < -0.39 is 0 Å². The summed E-state index contributed by atoms with van der Waals surface area (Å²) in [6.07, 6.45) is 1.34. The predicted molar refractivity (Wildman–Crippen MR) is 68.2 cm³/mol. The van der Waals surface area contributed by atoms with Gasteiger partial charge in [0, 0.05) is 26.4 Å². The van der Waals surface area contributed by atoms with E-state index in [1.165, 1.54) is 0 Å². The van der Waals surface area contributed by atoms with Gasteiger partial charge in [0.15, 0.2) is 0 Å². The number of carbonyl (C=O) groups excluding carboxylic acids is 1. The Labute approximate surface area is 107 Å². The molecule has 1 aromatic rings. The fourth-order valence-corrected chi connectivity index (χ4v) is 1.95. The minimum absolute atomic E-state index is 0.00414. The lowest BCUT2D eigenvalue weighted by Gasteiger charge is -2.25. The van der Waals surface area contributed by atoms with Crippen LogP contribution in [0.15, 0.2) is 30.3 Å². The highest BCUT2D eigenvalue weighted by atomic mass is 16.6. The van der Waals surface area contributed by atoms with Crippen molar-refractivity contribution in [2.75, 3.05) is 20.3 Å². The number of ether oxygens (including phenoxy) is 2. The largest absolute Gasteiger partial charge is 0.446 e. The first-order valence-electron chi connectivity index (χ1n) is 6.29. The van der Waals surface area contributed by atoms with Crippen molar-refractivity contribution in [1.82, 2.24) is 4.90 Å². The lowest BCUT2D eigenvalue weighted by Crippen LogP contribution is -2.33.